The summed E-state index contributed by atoms with van der Waals surface area (Å²) in [5.41, 5.74) is -2.39. The minimum atomic E-state index is -4.68. The number of hydrogen-bond donors (Lipinski definition) is 2. The third-order valence-corrected chi connectivity index (χ3v) is 4.99. The number of amides is 1. The summed E-state index contributed by atoms with van der Waals surface area (Å²) < 4.78 is 63.9. The zero-order chi connectivity index (χ0) is 19.8. The predicted molar refractivity (Wildman–Crippen MR) is 88.7 cm³/mol. The van der Waals surface area contributed by atoms with Crippen LogP contribution in [-0.4, -0.2) is 26.1 Å². The summed E-state index contributed by atoms with van der Waals surface area (Å²) in [7, 11) is -3.79. The van der Waals surface area contributed by atoms with Crippen molar-refractivity contribution < 1.29 is 26.4 Å². The monoisotopic (exact) mass is 389 g/mol. The number of carbonyl (C=O) groups excluding carboxylic acids is 1. The van der Waals surface area contributed by atoms with Gasteiger partial charge in [0.25, 0.3) is 5.91 Å². The molecule has 0 heterocycles. The number of benzene rings is 1. The van der Waals surface area contributed by atoms with E-state index in [-0.39, 0.29) is 11.6 Å². The van der Waals surface area contributed by atoms with Crippen LogP contribution in [0.15, 0.2) is 18.2 Å². The molecule has 0 bridgehead atoms. The molecule has 2 N–H and O–H groups in total. The van der Waals surface area contributed by atoms with Crippen molar-refractivity contribution in [2.75, 3.05) is 11.0 Å². The van der Waals surface area contributed by atoms with Crippen LogP contribution in [0.5, 0.6) is 0 Å². The largest absolute Gasteiger partial charge is 0.416 e. The van der Waals surface area contributed by atoms with E-state index in [9.17, 15) is 26.4 Å². The fourth-order valence-electron chi connectivity index (χ4n) is 2.96. The standard InChI is InChI=1S/C16H18F3N3O3S/c1-3-15(7-10(8-15)9-20)21-14(23)12-6-11(16(17,18)19)4-5-13(12)22-26(2,24)25/h4-6,10,22H,3,7-8H2,1-2H3,(H,21,23). The van der Waals surface area contributed by atoms with Crippen molar-refractivity contribution in [1.29, 1.82) is 5.26 Å². The summed E-state index contributed by atoms with van der Waals surface area (Å²) in [6, 6.07) is 4.32. The number of alkyl halides is 3. The maximum atomic E-state index is 13.0. The van der Waals surface area contributed by atoms with Crippen molar-refractivity contribution >= 4 is 21.6 Å². The van der Waals surface area contributed by atoms with Gasteiger partial charge in [-0.2, -0.15) is 18.4 Å². The third kappa shape index (κ3) is 4.46. The second-order valence-electron chi connectivity index (χ2n) is 6.45. The van der Waals surface area contributed by atoms with Crippen LogP contribution >= 0.6 is 0 Å². The number of carbonyl (C=O) groups is 1. The molecule has 2 rings (SSSR count). The van der Waals surface area contributed by atoms with Crippen LogP contribution in [0.4, 0.5) is 18.9 Å². The first-order valence-corrected chi connectivity index (χ1v) is 9.69. The van der Waals surface area contributed by atoms with E-state index in [2.05, 4.69) is 16.1 Å². The Morgan fingerprint density at radius 3 is 2.46 bits per heavy atom. The number of anilines is 1. The molecule has 0 aromatic heterocycles. The molecule has 1 aromatic rings. The lowest BCUT2D eigenvalue weighted by molar-refractivity contribution is -0.137. The Hall–Kier alpha value is -2.28. The van der Waals surface area contributed by atoms with Gasteiger partial charge in [0.15, 0.2) is 0 Å². The number of nitriles is 1. The Morgan fingerprint density at radius 2 is 2.00 bits per heavy atom. The number of nitrogens with one attached hydrogen (secondary N) is 2. The van der Waals surface area contributed by atoms with Crippen LogP contribution in [0.3, 0.4) is 0 Å². The average molecular weight is 389 g/mol. The lowest BCUT2D eigenvalue weighted by atomic mass is 9.67. The van der Waals surface area contributed by atoms with Crippen LogP contribution in [0, 0.1) is 17.2 Å². The van der Waals surface area contributed by atoms with Gasteiger partial charge in [-0.3, -0.25) is 9.52 Å². The van der Waals surface area contributed by atoms with Crippen molar-refractivity contribution in [1.82, 2.24) is 5.32 Å². The molecule has 1 saturated carbocycles. The molecule has 0 unspecified atom stereocenters. The number of halogens is 3. The van der Waals surface area contributed by atoms with Crippen molar-refractivity contribution in [3.8, 4) is 6.07 Å². The van der Waals surface area contributed by atoms with Gasteiger partial charge in [-0.1, -0.05) is 6.92 Å². The molecule has 1 aliphatic carbocycles. The highest BCUT2D eigenvalue weighted by molar-refractivity contribution is 7.92. The van der Waals surface area contributed by atoms with Gasteiger partial charge in [0, 0.05) is 5.54 Å². The van der Waals surface area contributed by atoms with Crippen molar-refractivity contribution in [2.24, 2.45) is 5.92 Å². The lowest BCUT2D eigenvalue weighted by Crippen LogP contribution is -2.56. The number of nitrogens with zero attached hydrogens (tertiary/aromatic N) is 1. The Labute approximate surface area is 149 Å². The van der Waals surface area contributed by atoms with Gasteiger partial charge in [-0.25, -0.2) is 8.42 Å². The van der Waals surface area contributed by atoms with Gasteiger partial charge < -0.3 is 5.32 Å². The second-order valence-corrected chi connectivity index (χ2v) is 8.20. The first-order chi connectivity index (χ1) is 11.9. The van der Waals surface area contributed by atoms with Gasteiger partial charge in [0.05, 0.1) is 35.1 Å². The summed E-state index contributed by atoms with van der Waals surface area (Å²) in [6.45, 7) is 1.80. The molecule has 1 aliphatic rings. The number of sulfonamides is 1. The molecule has 1 aromatic carbocycles. The molecule has 10 heteroatoms. The topological polar surface area (TPSA) is 99.1 Å². The van der Waals surface area contributed by atoms with Gasteiger partial charge in [-0.15, -0.1) is 0 Å². The number of hydrogen-bond acceptors (Lipinski definition) is 4. The van der Waals surface area contributed by atoms with Gasteiger partial charge >= 0.3 is 6.18 Å². The SMILES string of the molecule is CCC1(NC(=O)c2cc(C(F)(F)F)ccc2NS(C)(=O)=O)CC(C#N)C1. The zero-order valence-corrected chi connectivity index (χ0v) is 15.0. The lowest BCUT2D eigenvalue weighted by Gasteiger charge is -2.45. The molecule has 1 amide bonds. The molecular weight excluding hydrogens is 371 g/mol. The highest BCUT2D eigenvalue weighted by Crippen LogP contribution is 2.40. The summed E-state index contributed by atoms with van der Waals surface area (Å²) in [4.78, 5) is 12.6. The molecular formula is C16H18F3N3O3S. The van der Waals surface area contributed by atoms with E-state index in [1.54, 1.807) is 6.92 Å². The molecule has 6 nitrogen and oxygen atoms in total. The highest BCUT2D eigenvalue weighted by atomic mass is 32.2. The Bertz CT molecular complexity index is 854. The van der Waals surface area contributed by atoms with Crippen LogP contribution in [0.2, 0.25) is 0 Å². The van der Waals surface area contributed by atoms with E-state index in [4.69, 9.17) is 5.26 Å². The van der Waals surface area contributed by atoms with Crippen molar-refractivity contribution in [2.45, 2.75) is 37.9 Å². The first kappa shape index (κ1) is 20.0. The highest BCUT2D eigenvalue weighted by Gasteiger charge is 2.44. The molecule has 0 aliphatic heterocycles. The maximum Gasteiger partial charge on any atom is 0.416 e. The fourth-order valence-corrected chi connectivity index (χ4v) is 3.54. The predicted octanol–water partition coefficient (Wildman–Crippen LogP) is 2.89. The zero-order valence-electron chi connectivity index (χ0n) is 14.1. The molecule has 1 fully saturated rings. The van der Waals surface area contributed by atoms with Crippen LogP contribution < -0.4 is 10.0 Å². The minimum Gasteiger partial charge on any atom is -0.346 e. The summed E-state index contributed by atoms with van der Waals surface area (Å²) in [5, 5.41) is 11.6. The molecule has 0 spiro atoms. The molecule has 0 saturated heterocycles. The van der Waals surface area contributed by atoms with E-state index in [1.165, 1.54) is 0 Å². The number of rotatable bonds is 5. The first-order valence-electron chi connectivity index (χ1n) is 7.80. The summed E-state index contributed by atoms with van der Waals surface area (Å²) in [6.07, 6.45) is -2.53. The van der Waals surface area contributed by atoms with E-state index in [0.717, 1.165) is 12.3 Å². The van der Waals surface area contributed by atoms with Crippen LogP contribution in [0.25, 0.3) is 0 Å². The van der Waals surface area contributed by atoms with E-state index >= 15 is 0 Å². The summed E-state index contributed by atoms with van der Waals surface area (Å²) >= 11 is 0. The third-order valence-electron chi connectivity index (χ3n) is 4.40. The summed E-state index contributed by atoms with van der Waals surface area (Å²) in [5.74, 6) is -1.04. The quantitative estimate of drug-likeness (QED) is 0.809. The molecule has 142 valence electrons. The molecule has 0 radical (unpaired) electrons. The molecule has 26 heavy (non-hydrogen) atoms. The van der Waals surface area contributed by atoms with Gasteiger partial charge in [0.1, 0.15) is 0 Å². The second kappa shape index (κ2) is 6.79. The Morgan fingerprint density at radius 1 is 1.38 bits per heavy atom. The van der Waals surface area contributed by atoms with Gasteiger partial charge in [-0.05, 0) is 37.5 Å². The maximum absolute atomic E-state index is 13.0. The van der Waals surface area contributed by atoms with E-state index in [0.29, 0.717) is 31.4 Å². The Kier molecular flexibility index (Phi) is 5.24. The Balaban J connectivity index is 2.38. The van der Waals surface area contributed by atoms with Crippen LogP contribution in [-0.2, 0) is 16.2 Å². The minimum absolute atomic E-state index is 0.217. The normalized spacial score (nSPS) is 22.8. The van der Waals surface area contributed by atoms with Crippen LogP contribution in [0.1, 0.15) is 42.1 Å². The van der Waals surface area contributed by atoms with Crippen molar-refractivity contribution in [3.63, 3.8) is 0 Å². The smallest absolute Gasteiger partial charge is 0.346 e. The fraction of sp³-hybridized carbons (Fsp3) is 0.500. The van der Waals surface area contributed by atoms with Gasteiger partial charge in [0.2, 0.25) is 10.0 Å². The van der Waals surface area contributed by atoms with Crippen molar-refractivity contribution in [3.05, 3.63) is 29.3 Å². The van der Waals surface area contributed by atoms with E-state index < -0.39 is 38.8 Å². The average Bonchev–Trinajstić information content (AvgIpc) is 2.48. The molecule has 0 atom stereocenters. The van der Waals surface area contributed by atoms with E-state index in [1.807, 2.05) is 0 Å².